The number of ether oxygens (including phenoxy) is 3. The highest BCUT2D eigenvalue weighted by Crippen LogP contribution is 2.45. The third-order valence-electron chi connectivity index (χ3n) is 7.03. The standard InChI is InChI=1S/C29H31N3O5/c1-4-19-16-29(19,28(34)36-5-2)32-27(33)25-14-21(17-30-25)37-26-15-23(18-9-7-6-8-10-18)31-24-13-20(35-3)11-12-22(24)26/h4,6-13,15,19,21,25,30H,1,5,14,16-17H2,2-3H3,(H,32,33)/t19?,21-,25?,29-/m1/s1. The molecule has 2 fully saturated rings. The summed E-state index contributed by atoms with van der Waals surface area (Å²) < 4.78 is 17.1. The Kier molecular flexibility index (Phi) is 6.84. The van der Waals surface area contributed by atoms with Gasteiger partial charge in [-0.05, 0) is 25.5 Å². The molecule has 2 heterocycles. The summed E-state index contributed by atoms with van der Waals surface area (Å²) in [7, 11) is 1.62. The maximum Gasteiger partial charge on any atom is 0.332 e. The number of pyridine rings is 1. The van der Waals surface area contributed by atoms with Gasteiger partial charge in [0.05, 0.1) is 31.0 Å². The normalized spacial score (nSPS) is 24.3. The van der Waals surface area contributed by atoms with Crippen LogP contribution >= 0.6 is 0 Å². The molecule has 1 aliphatic heterocycles. The van der Waals surface area contributed by atoms with Gasteiger partial charge in [0.15, 0.2) is 0 Å². The van der Waals surface area contributed by atoms with E-state index < -0.39 is 17.6 Å². The Balaban J connectivity index is 1.34. The SMILES string of the molecule is C=CC1C[C@]1(NC(=O)C1C[C@@H](Oc2cc(-c3ccccc3)nc3cc(OC)ccc23)CN1)C(=O)OCC. The second kappa shape index (κ2) is 10.2. The fraction of sp³-hybridized carbons (Fsp3) is 0.345. The van der Waals surface area contributed by atoms with Gasteiger partial charge >= 0.3 is 5.97 Å². The Hall–Kier alpha value is -3.91. The highest BCUT2D eigenvalue weighted by atomic mass is 16.5. The molecular weight excluding hydrogens is 470 g/mol. The maximum atomic E-state index is 13.1. The van der Waals surface area contributed by atoms with Gasteiger partial charge in [0.25, 0.3) is 0 Å². The number of methoxy groups -OCH3 is 1. The first-order chi connectivity index (χ1) is 18.0. The number of hydrogen-bond acceptors (Lipinski definition) is 7. The van der Waals surface area contributed by atoms with Crippen LogP contribution < -0.4 is 20.1 Å². The Morgan fingerprint density at radius 2 is 2.03 bits per heavy atom. The van der Waals surface area contributed by atoms with E-state index in [1.807, 2.05) is 54.6 Å². The van der Waals surface area contributed by atoms with Crippen LogP contribution in [0, 0.1) is 5.92 Å². The number of carbonyl (C=O) groups excluding carboxylic acids is 2. The lowest BCUT2D eigenvalue weighted by atomic mass is 10.1. The number of esters is 1. The van der Waals surface area contributed by atoms with Crippen LogP contribution in [0.15, 0.2) is 67.3 Å². The summed E-state index contributed by atoms with van der Waals surface area (Å²) in [4.78, 5) is 30.5. The molecule has 8 heteroatoms. The fourth-order valence-corrected chi connectivity index (χ4v) is 4.90. The van der Waals surface area contributed by atoms with E-state index in [2.05, 4.69) is 17.2 Å². The van der Waals surface area contributed by atoms with Crippen LogP contribution in [0.3, 0.4) is 0 Å². The summed E-state index contributed by atoms with van der Waals surface area (Å²) in [5.41, 5.74) is 1.51. The minimum atomic E-state index is -1.01. The second-order valence-corrected chi connectivity index (χ2v) is 9.42. The number of fused-ring (bicyclic) bond motifs is 1. The van der Waals surface area contributed by atoms with Crippen molar-refractivity contribution in [1.82, 2.24) is 15.6 Å². The largest absolute Gasteiger partial charge is 0.497 e. The lowest BCUT2D eigenvalue weighted by molar-refractivity contribution is -0.149. The van der Waals surface area contributed by atoms with Crippen LogP contribution in [0.5, 0.6) is 11.5 Å². The van der Waals surface area contributed by atoms with Crippen molar-refractivity contribution in [2.75, 3.05) is 20.3 Å². The van der Waals surface area contributed by atoms with Crippen molar-refractivity contribution in [2.24, 2.45) is 5.92 Å². The molecule has 2 unspecified atom stereocenters. The van der Waals surface area contributed by atoms with Crippen molar-refractivity contribution in [3.63, 3.8) is 0 Å². The van der Waals surface area contributed by atoms with Crippen molar-refractivity contribution >= 4 is 22.8 Å². The zero-order valence-electron chi connectivity index (χ0n) is 21.0. The number of hydrogen-bond donors (Lipinski definition) is 2. The van der Waals surface area contributed by atoms with Gasteiger partial charge in [-0.15, -0.1) is 6.58 Å². The van der Waals surface area contributed by atoms with Gasteiger partial charge in [0.2, 0.25) is 5.91 Å². The molecule has 3 aromatic rings. The average Bonchev–Trinajstić information content (AvgIpc) is 3.44. The van der Waals surface area contributed by atoms with E-state index in [1.165, 1.54) is 0 Å². The average molecular weight is 502 g/mol. The Morgan fingerprint density at radius 1 is 1.22 bits per heavy atom. The van der Waals surface area contributed by atoms with Gasteiger partial charge in [-0.1, -0.05) is 36.4 Å². The number of nitrogens with zero attached hydrogens (tertiary/aromatic N) is 1. The van der Waals surface area contributed by atoms with E-state index in [1.54, 1.807) is 20.1 Å². The highest BCUT2D eigenvalue weighted by molar-refractivity contribution is 5.94. The number of nitrogens with one attached hydrogen (secondary N) is 2. The van der Waals surface area contributed by atoms with E-state index in [0.717, 1.165) is 22.2 Å². The Labute approximate surface area is 216 Å². The third kappa shape index (κ3) is 4.89. The molecule has 1 saturated heterocycles. The molecule has 0 spiro atoms. The van der Waals surface area contributed by atoms with Gasteiger partial charge in [0.1, 0.15) is 23.1 Å². The number of benzene rings is 2. The van der Waals surface area contributed by atoms with Crippen LogP contribution in [0.4, 0.5) is 0 Å². The first kappa shape index (κ1) is 24.8. The molecule has 8 nitrogen and oxygen atoms in total. The highest BCUT2D eigenvalue weighted by Gasteiger charge is 2.61. The van der Waals surface area contributed by atoms with Crippen molar-refractivity contribution in [2.45, 2.75) is 37.5 Å². The smallest absolute Gasteiger partial charge is 0.332 e. The molecule has 2 aliphatic rings. The minimum Gasteiger partial charge on any atom is -0.497 e. The lowest BCUT2D eigenvalue weighted by Crippen LogP contribution is -2.51. The molecule has 0 bridgehead atoms. The quantitative estimate of drug-likeness (QED) is 0.341. The second-order valence-electron chi connectivity index (χ2n) is 9.42. The van der Waals surface area contributed by atoms with Crippen molar-refractivity contribution < 1.29 is 23.8 Å². The molecule has 4 atom stereocenters. The molecule has 2 aromatic carbocycles. The van der Waals surface area contributed by atoms with E-state index in [9.17, 15) is 9.59 Å². The van der Waals surface area contributed by atoms with Crippen LogP contribution in [-0.2, 0) is 14.3 Å². The van der Waals surface area contributed by atoms with E-state index >= 15 is 0 Å². The minimum absolute atomic E-state index is 0.125. The van der Waals surface area contributed by atoms with Crippen molar-refractivity contribution in [3.05, 3.63) is 67.3 Å². The van der Waals surface area contributed by atoms with Gasteiger partial charge in [-0.2, -0.15) is 0 Å². The first-order valence-electron chi connectivity index (χ1n) is 12.5. The van der Waals surface area contributed by atoms with Gasteiger partial charge in [0, 0.05) is 42.0 Å². The monoisotopic (exact) mass is 501 g/mol. The fourth-order valence-electron chi connectivity index (χ4n) is 4.90. The molecule has 5 rings (SSSR count). The number of carbonyl (C=O) groups is 2. The third-order valence-corrected chi connectivity index (χ3v) is 7.03. The summed E-state index contributed by atoms with van der Waals surface area (Å²) in [5, 5.41) is 7.03. The van der Waals surface area contributed by atoms with Crippen molar-refractivity contribution in [3.8, 4) is 22.8 Å². The molecule has 1 saturated carbocycles. The topological polar surface area (TPSA) is 98.8 Å². The number of amides is 1. The van der Waals surface area contributed by atoms with Gasteiger partial charge in [-0.3, -0.25) is 4.79 Å². The van der Waals surface area contributed by atoms with Crippen LogP contribution in [0.2, 0.25) is 0 Å². The predicted octanol–water partition coefficient (Wildman–Crippen LogP) is 3.64. The molecule has 0 radical (unpaired) electrons. The molecule has 1 aromatic heterocycles. The van der Waals surface area contributed by atoms with Gasteiger partial charge < -0.3 is 24.8 Å². The maximum absolute atomic E-state index is 13.1. The number of rotatable bonds is 9. The summed E-state index contributed by atoms with van der Waals surface area (Å²) >= 11 is 0. The molecule has 37 heavy (non-hydrogen) atoms. The summed E-state index contributed by atoms with van der Waals surface area (Å²) in [6.07, 6.45) is 2.42. The van der Waals surface area contributed by atoms with Crippen LogP contribution in [0.25, 0.3) is 22.2 Å². The van der Waals surface area contributed by atoms with Crippen LogP contribution in [0.1, 0.15) is 19.8 Å². The number of aromatic nitrogens is 1. The first-order valence-corrected chi connectivity index (χ1v) is 12.5. The van der Waals surface area contributed by atoms with Crippen molar-refractivity contribution in [1.29, 1.82) is 0 Å². The van der Waals surface area contributed by atoms with E-state index in [4.69, 9.17) is 19.2 Å². The zero-order valence-corrected chi connectivity index (χ0v) is 21.0. The molecule has 1 amide bonds. The van der Waals surface area contributed by atoms with E-state index in [-0.39, 0.29) is 24.5 Å². The summed E-state index contributed by atoms with van der Waals surface area (Å²) in [5.74, 6) is 0.629. The summed E-state index contributed by atoms with van der Waals surface area (Å²) in [6, 6.07) is 17.1. The van der Waals surface area contributed by atoms with Crippen LogP contribution in [-0.4, -0.2) is 54.8 Å². The van der Waals surface area contributed by atoms with Gasteiger partial charge in [-0.25, -0.2) is 9.78 Å². The Morgan fingerprint density at radius 3 is 2.73 bits per heavy atom. The Bertz CT molecular complexity index is 1330. The predicted molar refractivity (Wildman–Crippen MR) is 140 cm³/mol. The molecule has 192 valence electrons. The zero-order chi connectivity index (χ0) is 26.0. The molecular formula is C29H31N3O5. The summed E-state index contributed by atoms with van der Waals surface area (Å²) in [6.45, 7) is 6.29. The molecule has 1 aliphatic carbocycles. The lowest BCUT2D eigenvalue weighted by Gasteiger charge is -2.20. The van der Waals surface area contributed by atoms with E-state index in [0.29, 0.717) is 30.9 Å². The molecule has 2 N–H and O–H groups in total.